The van der Waals surface area contributed by atoms with Gasteiger partial charge in [-0.25, -0.2) is 5.01 Å². The number of carbonyl (C=O) groups is 3. The Hall–Kier alpha value is -2.45. The average Bonchev–Trinajstić information content (AvgIpc) is 2.95. The summed E-state index contributed by atoms with van der Waals surface area (Å²) in [6.07, 6.45) is 2.51. The summed E-state index contributed by atoms with van der Waals surface area (Å²) in [5.74, 6) is -1.06. The lowest BCUT2D eigenvalue weighted by molar-refractivity contribution is -0.140. The zero-order valence-corrected chi connectivity index (χ0v) is 16.2. The van der Waals surface area contributed by atoms with E-state index in [1.165, 1.54) is 11.9 Å². The van der Waals surface area contributed by atoms with Crippen LogP contribution in [0.2, 0.25) is 0 Å². The van der Waals surface area contributed by atoms with E-state index in [0.717, 1.165) is 12.8 Å². The lowest BCUT2D eigenvalue weighted by Gasteiger charge is -2.14. The molecule has 0 aliphatic carbocycles. The van der Waals surface area contributed by atoms with Gasteiger partial charge >= 0.3 is 5.97 Å². The number of hydrogen-bond acceptors (Lipinski definition) is 6. The Labute approximate surface area is 160 Å². The number of unbranched alkanes of at least 4 members (excludes halogenated alkanes) is 1. The molecule has 2 rings (SSSR count). The van der Waals surface area contributed by atoms with E-state index in [-0.39, 0.29) is 31.0 Å². The molecular formula is C19H30N2O6. The van der Waals surface area contributed by atoms with Crippen molar-refractivity contribution < 1.29 is 29.3 Å². The summed E-state index contributed by atoms with van der Waals surface area (Å²) >= 11 is 0. The van der Waals surface area contributed by atoms with Gasteiger partial charge in [-0.1, -0.05) is 38.0 Å². The highest BCUT2D eigenvalue weighted by Gasteiger charge is 2.39. The maximum absolute atomic E-state index is 12.1. The summed E-state index contributed by atoms with van der Waals surface area (Å²) in [4.78, 5) is 33.6. The molecule has 0 bridgehead atoms. The molecule has 2 amide bonds. The van der Waals surface area contributed by atoms with E-state index in [0.29, 0.717) is 18.7 Å². The number of aliphatic hydroxyl groups is 2. The first-order valence-electron chi connectivity index (χ1n) is 8.97. The molecule has 8 nitrogen and oxygen atoms in total. The monoisotopic (exact) mass is 382 g/mol. The lowest BCUT2D eigenvalue weighted by atomic mass is 10.0. The second-order valence-electron chi connectivity index (χ2n) is 5.55. The molecule has 0 aromatic heterocycles. The van der Waals surface area contributed by atoms with E-state index in [1.807, 2.05) is 25.1 Å². The van der Waals surface area contributed by atoms with Crippen LogP contribution in [0.15, 0.2) is 30.3 Å². The van der Waals surface area contributed by atoms with Crippen LogP contribution in [0, 0.1) is 5.92 Å². The van der Waals surface area contributed by atoms with Crippen LogP contribution in [-0.4, -0.2) is 47.8 Å². The quantitative estimate of drug-likeness (QED) is 0.506. The Kier molecular flexibility index (Phi) is 13.4. The van der Waals surface area contributed by atoms with E-state index in [4.69, 9.17) is 10.2 Å². The maximum atomic E-state index is 12.1. The Morgan fingerprint density at radius 1 is 1.15 bits per heavy atom. The highest BCUT2D eigenvalue weighted by atomic mass is 16.5. The number of amides is 2. The van der Waals surface area contributed by atoms with Gasteiger partial charge in [0.1, 0.15) is 5.92 Å². The molecule has 3 N–H and O–H groups in total. The zero-order chi connectivity index (χ0) is 20.7. The van der Waals surface area contributed by atoms with Crippen molar-refractivity contribution in [3.8, 4) is 0 Å². The predicted molar refractivity (Wildman–Crippen MR) is 102 cm³/mol. The number of ether oxygens (including phenoxy) is 1. The first kappa shape index (κ1) is 24.6. The van der Waals surface area contributed by atoms with E-state index in [9.17, 15) is 14.4 Å². The van der Waals surface area contributed by atoms with Gasteiger partial charge < -0.3 is 14.9 Å². The first-order chi connectivity index (χ1) is 12.9. The third kappa shape index (κ3) is 9.72. The molecule has 0 saturated carbocycles. The van der Waals surface area contributed by atoms with Crippen LogP contribution in [0.5, 0.6) is 0 Å². The van der Waals surface area contributed by atoms with Crippen molar-refractivity contribution in [1.82, 2.24) is 5.43 Å². The number of nitrogens with zero attached hydrogens (tertiary/aromatic N) is 1. The Balaban J connectivity index is 0.000000564. The van der Waals surface area contributed by atoms with E-state index >= 15 is 0 Å². The van der Waals surface area contributed by atoms with Crippen LogP contribution in [0.4, 0.5) is 5.69 Å². The van der Waals surface area contributed by atoms with Crippen molar-refractivity contribution in [2.24, 2.45) is 5.92 Å². The summed E-state index contributed by atoms with van der Waals surface area (Å²) < 4.78 is 4.40. The summed E-state index contributed by atoms with van der Waals surface area (Å²) in [5, 5.41) is 16.6. The van der Waals surface area contributed by atoms with E-state index in [1.54, 1.807) is 19.1 Å². The topological polar surface area (TPSA) is 116 Å². The number of anilines is 1. The van der Waals surface area contributed by atoms with Crippen molar-refractivity contribution >= 4 is 23.5 Å². The fraction of sp³-hybridized carbons (Fsp3) is 0.526. The fourth-order valence-electron chi connectivity index (χ4n) is 2.15. The third-order valence-corrected chi connectivity index (χ3v) is 3.37. The molecule has 1 atom stereocenters. The molecule has 27 heavy (non-hydrogen) atoms. The molecular weight excluding hydrogens is 352 g/mol. The van der Waals surface area contributed by atoms with Crippen molar-refractivity contribution in [2.45, 2.75) is 40.0 Å². The van der Waals surface area contributed by atoms with Crippen LogP contribution in [0.25, 0.3) is 0 Å². The normalized spacial score (nSPS) is 15.1. The fourth-order valence-corrected chi connectivity index (χ4v) is 2.15. The Morgan fingerprint density at radius 2 is 1.74 bits per heavy atom. The minimum atomic E-state index is -0.518. The molecule has 1 aromatic carbocycles. The minimum Gasteiger partial charge on any atom is -0.466 e. The molecule has 1 aromatic rings. The number of carbonyl (C=O) groups excluding carboxylic acids is 3. The van der Waals surface area contributed by atoms with Gasteiger partial charge in [0.15, 0.2) is 0 Å². The molecule has 1 aliphatic heterocycles. The molecule has 1 heterocycles. The van der Waals surface area contributed by atoms with E-state index < -0.39 is 5.92 Å². The third-order valence-electron chi connectivity index (χ3n) is 3.37. The molecule has 1 fully saturated rings. The van der Waals surface area contributed by atoms with Crippen LogP contribution in [0.3, 0.4) is 0 Å². The van der Waals surface area contributed by atoms with Gasteiger partial charge in [-0.2, -0.15) is 0 Å². The first-order valence-corrected chi connectivity index (χ1v) is 8.97. The van der Waals surface area contributed by atoms with Gasteiger partial charge in [-0.3, -0.25) is 19.8 Å². The number of esters is 1. The number of nitrogens with one attached hydrogen (secondary N) is 1. The molecule has 1 saturated heterocycles. The molecule has 152 valence electrons. The van der Waals surface area contributed by atoms with Gasteiger partial charge in [0.2, 0.25) is 0 Å². The molecule has 1 unspecified atom stereocenters. The molecule has 1 aliphatic rings. The van der Waals surface area contributed by atoms with Crippen molar-refractivity contribution in [3.05, 3.63) is 30.3 Å². The smallest absolute Gasteiger partial charge is 0.302 e. The average molecular weight is 382 g/mol. The summed E-state index contributed by atoms with van der Waals surface area (Å²) in [7, 11) is 0. The van der Waals surface area contributed by atoms with Crippen LogP contribution in [0.1, 0.15) is 40.0 Å². The largest absolute Gasteiger partial charge is 0.466 e. The van der Waals surface area contributed by atoms with Gasteiger partial charge in [-0.05, 0) is 25.5 Å². The standard InChI is InChI=1S/C13H16N2O2.C4H8O2.C2H6O2/c1-2-3-9-11-12(16)14-15(13(11)17)10-7-5-4-6-8-10;1-3-6-4(2)5;3-1-2-4/h4-8,11H,2-3,9H2,1H3,(H,14,16);3H2,1-2H3;3-4H,1-2H2. The molecule has 0 spiro atoms. The van der Waals surface area contributed by atoms with Crippen LogP contribution < -0.4 is 10.4 Å². The minimum absolute atomic E-state index is 0.125. The van der Waals surface area contributed by atoms with Crippen LogP contribution >= 0.6 is 0 Å². The highest BCUT2D eigenvalue weighted by Crippen LogP contribution is 2.22. The molecule has 8 heteroatoms. The Morgan fingerprint density at radius 3 is 2.15 bits per heavy atom. The van der Waals surface area contributed by atoms with Crippen molar-refractivity contribution in [1.29, 1.82) is 0 Å². The molecule has 0 radical (unpaired) electrons. The number of rotatable bonds is 6. The van der Waals surface area contributed by atoms with Gasteiger partial charge in [0, 0.05) is 6.92 Å². The van der Waals surface area contributed by atoms with E-state index in [2.05, 4.69) is 10.2 Å². The number of aliphatic hydroxyl groups excluding tert-OH is 2. The second kappa shape index (κ2) is 14.7. The van der Waals surface area contributed by atoms with Crippen LogP contribution in [-0.2, 0) is 19.1 Å². The number of hydrazine groups is 1. The zero-order valence-electron chi connectivity index (χ0n) is 16.2. The van der Waals surface area contributed by atoms with Gasteiger partial charge in [0.05, 0.1) is 25.5 Å². The lowest BCUT2D eigenvalue weighted by Crippen LogP contribution is -2.35. The SMILES string of the molecule is CCCCC1C(=O)NN(c2ccccc2)C1=O.CCOC(C)=O.OCCO. The summed E-state index contributed by atoms with van der Waals surface area (Å²) in [5.41, 5.74) is 3.34. The number of benzene rings is 1. The number of para-hydroxylation sites is 1. The van der Waals surface area contributed by atoms with Gasteiger partial charge in [-0.15, -0.1) is 0 Å². The van der Waals surface area contributed by atoms with Gasteiger partial charge in [0.25, 0.3) is 11.8 Å². The highest BCUT2D eigenvalue weighted by molar-refractivity contribution is 6.14. The summed E-state index contributed by atoms with van der Waals surface area (Å²) in [6, 6.07) is 9.17. The predicted octanol–water partition coefficient (Wildman–Crippen LogP) is 1.41. The van der Waals surface area contributed by atoms with Crippen molar-refractivity contribution in [3.63, 3.8) is 0 Å². The van der Waals surface area contributed by atoms with Crippen molar-refractivity contribution in [2.75, 3.05) is 24.8 Å². The summed E-state index contributed by atoms with van der Waals surface area (Å²) in [6.45, 7) is 5.45. The maximum Gasteiger partial charge on any atom is 0.302 e. The Bertz CT molecular complexity index is 563. The second-order valence-corrected chi connectivity index (χ2v) is 5.55. The number of hydrogen-bond donors (Lipinski definition) is 3.